The predicted octanol–water partition coefficient (Wildman–Crippen LogP) is 3.05. The molecule has 0 aliphatic carbocycles. The van der Waals surface area contributed by atoms with Crippen molar-refractivity contribution >= 4 is 25.6 Å². The van der Waals surface area contributed by atoms with Gasteiger partial charge in [-0.15, -0.1) is 9.42 Å². The van der Waals surface area contributed by atoms with Crippen LogP contribution >= 0.6 is 20.5 Å². The lowest BCUT2D eigenvalue weighted by Gasteiger charge is -2.00. The highest BCUT2D eigenvalue weighted by Crippen LogP contribution is 2.16. The molecule has 5 nitrogen and oxygen atoms in total. The Morgan fingerprint density at radius 3 is 1.80 bits per heavy atom. The number of unbranched alkanes of at least 4 members (excludes halogenated alkanes) is 9. The van der Waals surface area contributed by atoms with Crippen molar-refractivity contribution in [1.82, 2.24) is 0 Å². The van der Waals surface area contributed by atoms with Gasteiger partial charge in [-0.2, -0.15) is 0 Å². The van der Waals surface area contributed by atoms with Gasteiger partial charge in [-0.05, 0) is 6.42 Å². The van der Waals surface area contributed by atoms with Crippen LogP contribution in [0.2, 0.25) is 0 Å². The summed E-state index contributed by atoms with van der Waals surface area (Å²) in [5, 5.41) is 0.250. The molecular weight excluding hydrogens is 295 g/mol. The Morgan fingerprint density at radius 1 is 1.10 bits per heavy atom. The van der Waals surface area contributed by atoms with Gasteiger partial charge in [0.2, 0.25) is 0 Å². The van der Waals surface area contributed by atoms with E-state index in [9.17, 15) is 4.57 Å². The van der Waals surface area contributed by atoms with Crippen LogP contribution in [0.15, 0.2) is 0 Å². The van der Waals surface area contributed by atoms with Crippen LogP contribution in [0, 0.1) is 0 Å². The summed E-state index contributed by atoms with van der Waals surface area (Å²) in [7, 11) is -2.39. The van der Waals surface area contributed by atoms with Crippen LogP contribution in [-0.2, 0) is 9.09 Å². The third kappa shape index (κ3) is 30.7. The highest BCUT2D eigenvalue weighted by molar-refractivity contribution is 7.79. The molecule has 0 radical (unpaired) electrons. The van der Waals surface area contributed by atoms with E-state index in [1.165, 1.54) is 51.4 Å². The third-order valence-electron chi connectivity index (χ3n) is 2.70. The molecule has 0 aromatic rings. The van der Waals surface area contributed by atoms with Gasteiger partial charge in [-0.3, -0.25) is 0 Å². The molecule has 0 aliphatic rings. The Bertz CT molecular complexity index is 240. The van der Waals surface area contributed by atoms with Crippen LogP contribution in [0.3, 0.4) is 0 Å². The zero-order valence-corrected chi connectivity index (χ0v) is 14.4. The van der Waals surface area contributed by atoms with Gasteiger partial charge in [-0.1, -0.05) is 64.7 Å². The maximum absolute atomic E-state index is 10.2. The summed E-state index contributed by atoms with van der Waals surface area (Å²) in [6.07, 6.45) is 12.7. The average Bonchev–Trinajstić information content (AvgIpc) is 2.35. The first-order chi connectivity index (χ1) is 9.50. The first kappa shape index (κ1) is 22.2. The number of hydrogen-bond acceptors (Lipinski definition) is 3. The van der Waals surface area contributed by atoms with Crippen LogP contribution < -0.4 is 11.5 Å². The van der Waals surface area contributed by atoms with E-state index in [1.54, 1.807) is 0 Å². The first-order valence-electron chi connectivity index (χ1n) is 7.41. The molecule has 20 heavy (non-hydrogen) atoms. The van der Waals surface area contributed by atoms with Crippen LogP contribution in [-0.4, -0.2) is 16.6 Å². The predicted molar refractivity (Wildman–Crippen MR) is 87.3 cm³/mol. The van der Waals surface area contributed by atoms with Crippen molar-refractivity contribution in [2.45, 2.75) is 71.1 Å². The van der Waals surface area contributed by atoms with Gasteiger partial charge in [0.25, 0.3) is 5.11 Å². The van der Waals surface area contributed by atoms with E-state index in [0.717, 1.165) is 12.8 Å². The summed E-state index contributed by atoms with van der Waals surface area (Å²) in [5.41, 5.74) is 7.88. The second kappa shape index (κ2) is 18.9. The summed E-state index contributed by atoms with van der Waals surface area (Å²) in [6, 6.07) is 0. The molecule has 120 valence electrons. The molecule has 0 heterocycles. The summed E-state index contributed by atoms with van der Waals surface area (Å²) >= 11 is 4.20. The van der Waals surface area contributed by atoms with Crippen molar-refractivity contribution in [3.63, 3.8) is 0 Å². The van der Waals surface area contributed by atoms with Crippen molar-refractivity contribution in [2.24, 2.45) is 5.73 Å². The molecule has 0 amide bonds. The van der Waals surface area contributed by atoms with E-state index in [4.69, 9.17) is 10.6 Å². The second-order valence-electron chi connectivity index (χ2n) is 4.72. The standard InChI is InChI=1S/C12H25O3P.CH4N2S/c1-2-3-4-5-6-7-8-9-10-11-12-15-16(13)14;2-1(3)4/h2-12H2,1H3;(H4,2,3,4)/p+2. The van der Waals surface area contributed by atoms with Gasteiger partial charge in [0.15, 0.2) is 0 Å². The molecule has 0 saturated carbocycles. The zero-order chi connectivity index (χ0) is 15.6. The van der Waals surface area contributed by atoms with E-state index in [-0.39, 0.29) is 5.11 Å². The van der Waals surface area contributed by atoms with E-state index < -0.39 is 8.25 Å². The zero-order valence-electron chi connectivity index (χ0n) is 12.7. The summed E-state index contributed by atoms with van der Waals surface area (Å²) in [6.45, 7) is 2.66. The van der Waals surface area contributed by atoms with Crippen molar-refractivity contribution < 1.29 is 19.7 Å². The summed E-state index contributed by atoms with van der Waals surface area (Å²) in [4.78, 5) is 8.38. The van der Waals surface area contributed by atoms with Crippen LogP contribution in [0.1, 0.15) is 71.1 Å². The topological polar surface area (TPSA) is 100 Å². The molecule has 7 heteroatoms. The Hall–Kier alpha value is -0.130. The SMILES string of the molecule is CCCCCCCCCCCCO[P+](=O)O.NC([NH3+])=S. The average molecular weight is 326 g/mol. The number of rotatable bonds is 12. The summed E-state index contributed by atoms with van der Waals surface area (Å²) in [5.74, 6) is 0. The minimum Gasteiger partial charge on any atom is -0.345 e. The fraction of sp³-hybridized carbons (Fsp3) is 0.923. The lowest BCUT2D eigenvalue weighted by atomic mass is 10.1. The molecule has 0 aromatic carbocycles. The van der Waals surface area contributed by atoms with Gasteiger partial charge < -0.3 is 11.5 Å². The number of quaternary nitrogens is 1. The fourth-order valence-electron chi connectivity index (χ4n) is 1.73. The van der Waals surface area contributed by atoms with E-state index in [2.05, 4.69) is 29.4 Å². The molecule has 0 spiro atoms. The highest BCUT2D eigenvalue weighted by Gasteiger charge is 2.09. The lowest BCUT2D eigenvalue weighted by molar-refractivity contribution is -0.210. The largest absolute Gasteiger partial charge is 0.694 e. The van der Waals surface area contributed by atoms with E-state index >= 15 is 0 Å². The lowest BCUT2D eigenvalue weighted by Crippen LogP contribution is -2.60. The Balaban J connectivity index is 0. The Labute approximate surface area is 129 Å². The van der Waals surface area contributed by atoms with Gasteiger partial charge in [0, 0.05) is 16.8 Å². The van der Waals surface area contributed by atoms with Crippen molar-refractivity contribution in [2.75, 3.05) is 6.61 Å². The molecular formula is C13H31N2O3PS+2. The number of thiocarbonyl (C=S) groups is 1. The second-order valence-corrected chi connectivity index (χ2v) is 5.98. The molecule has 1 unspecified atom stereocenters. The molecule has 0 aliphatic heterocycles. The Kier molecular flexibility index (Phi) is 20.9. The first-order valence-corrected chi connectivity index (χ1v) is 8.95. The molecule has 0 saturated heterocycles. The quantitative estimate of drug-likeness (QED) is 0.291. The van der Waals surface area contributed by atoms with Crippen molar-refractivity contribution in [3.05, 3.63) is 0 Å². The summed E-state index contributed by atoms with van der Waals surface area (Å²) < 4.78 is 14.8. The van der Waals surface area contributed by atoms with Gasteiger partial charge >= 0.3 is 8.25 Å². The maximum Gasteiger partial charge on any atom is 0.694 e. The van der Waals surface area contributed by atoms with Gasteiger partial charge in [-0.25, -0.2) is 0 Å². The Morgan fingerprint density at radius 2 is 1.45 bits per heavy atom. The van der Waals surface area contributed by atoms with Crippen LogP contribution in [0.5, 0.6) is 0 Å². The highest BCUT2D eigenvalue weighted by atomic mass is 32.1. The van der Waals surface area contributed by atoms with Crippen LogP contribution in [0.4, 0.5) is 0 Å². The van der Waals surface area contributed by atoms with Gasteiger partial charge in [0.05, 0.1) is 0 Å². The van der Waals surface area contributed by atoms with Crippen molar-refractivity contribution in [1.29, 1.82) is 0 Å². The van der Waals surface area contributed by atoms with Crippen molar-refractivity contribution in [3.8, 4) is 0 Å². The molecule has 1 atom stereocenters. The molecule has 0 aromatic heterocycles. The number of hydrogen-bond donors (Lipinski definition) is 3. The van der Waals surface area contributed by atoms with E-state index in [0.29, 0.717) is 6.61 Å². The smallest absolute Gasteiger partial charge is 0.345 e. The molecule has 6 N–H and O–H groups in total. The van der Waals surface area contributed by atoms with Gasteiger partial charge in [0.1, 0.15) is 6.61 Å². The minimum atomic E-state index is -2.39. The molecule has 0 fully saturated rings. The molecule has 0 bridgehead atoms. The monoisotopic (exact) mass is 326 g/mol. The third-order valence-corrected chi connectivity index (χ3v) is 3.10. The minimum absolute atomic E-state index is 0.250. The normalized spacial score (nSPS) is 10.7. The fourth-order valence-corrected chi connectivity index (χ4v) is 2.02. The number of nitrogens with two attached hydrogens (primary N) is 1. The molecule has 0 rings (SSSR count). The van der Waals surface area contributed by atoms with Crippen LogP contribution in [0.25, 0.3) is 0 Å². The maximum atomic E-state index is 10.2. The van der Waals surface area contributed by atoms with E-state index in [1.807, 2.05) is 0 Å².